The Labute approximate surface area is 113 Å². The maximum absolute atomic E-state index is 6.00. The fraction of sp³-hybridized carbons (Fsp3) is 1.00. The zero-order valence-electron chi connectivity index (χ0n) is 8.20. The molecule has 6 heteroatoms. The Kier molecular flexibility index (Phi) is 3.69. The molecule has 5 unspecified atom stereocenters. The van der Waals surface area contributed by atoms with E-state index in [-0.39, 0.29) is 11.7 Å². The van der Waals surface area contributed by atoms with Gasteiger partial charge in [0.1, 0.15) is 65.6 Å². The van der Waals surface area contributed by atoms with Crippen molar-refractivity contribution in [2.75, 3.05) is 6.61 Å². The first kappa shape index (κ1) is 11.9. The topological polar surface area (TPSA) is 27.7 Å². The Morgan fingerprint density at radius 2 is 2.29 bits per heavy atom. The average molecular weight is 422 g/mol. The number of hydrogen-bond donors (Lipinski definition) is 0. The van der Waals surface area contributed by atoms with Gasteiger partial charge >= 0.3 is 0 Å². The van der Waals surface area contributed by atoms with Crippen LogP contribution in [0.2, 0.25) is 0 Å². The first-order valence-corrected chi connectivity index (χ1v) is 6.59. The largest absolute Gasteiger partial charge is 0.375 e. The molecule has 2 fully saturated rings. The summed E-state index contributed by atoms with van der Waals surface area (Å²) in [6.07, 6.45) is 1.25. The highest BCUT2D eigenvalue weighted by Gasteiger charge is 2.62. The predicted octanol–water partition coefficient (Wildman–Crippen LogP) is 1.47. The molecule has 5 atom stereocenters. The lowest BCUT2D eigenvalue weighted by atomic mass is 9.81. The Morgan fingerprint density at radius 1 is 1.57 bits per heavy atom. The van der Waals surface area contributed by atoms with Gasteiger partial charge in [0.05, 0.1) is 6.61 Å². The summed E-state index contributed by atoms with van der Waals surface area (Å²) in [5.41, 5.74) is -0.189. The molecule has 1 heterocycles. The maximum atomic E-state index is 6.00. The van der Waals surface area contributed by atoms with Crippen molar-refractivity contribution in [3.8, 4) is 0 Å². The number of halogens is 2. The Morgan fingerprint density at radius 3 is 2.79 bits per heavy atom. The van der Waals surface area contributed by atoms with Crippen molar-refractivity contribution in [2.24, 2.45) is 11.8 Å². The van der Waals surface area contributed by atoms with Gasteiger partial charge in [-0.05, 0) is 12.3 Å². The van der Waals surface area contributed by atoms with Gasteiger partial charge < -0.3 is 10.9 Å². The number of ether oxygens (including phenoxy) is 1. The summed E-state index contributed by atoms with van der Waals surface area (Å²) < 4.78 is 16.8. The zero-order chi connectivity index (χ0) is 10.3. The monoisotopic (exact) mass is 422 g/mol. The lowest BCUT2D eigenvalue weighted by Crippen LogP contribution is -2.41. The van der Waals surface area contributed by atoms with Crippen LogP contribution in [0.5, 0.6) is 0 Å². The minimum atomic E-state index is -0.189. The molecule has 2 rings (SSSR count). The molecule has 1 saturated carbocycles. The highest BCUT2D eigenvalue weighted by molar-refractivity contribution is 14.1. The van der Waals surface area contributed by atoms with Crippen LogP contribution in [-0.4, -0.2) is 32.2 Å². The molecule has 1 aliphatic heterocycles. The molecule has 3 nitrogen and oxygen atoms in total. The Balaban J connectivity index is 2.23. The van der Waals surface area contributed by atoms with Crippen LogP contribution in [0.4, 0.5) is 0 Å². The summed E-state index contributed by atoms with van der Waals surface area (Å²) in [4.78, 5) is 0. The molecule has 1 aliphatic carbocycles. The highest BCUT2D eigenvalue weighted by atomic mass is 127. The first-order valence-electron chi connectivity index (χ1n) is 4.83. The van der Waals surface area contributed by atoms with E-state index in [9.17, 15) is 0 Å². The second-order valence-electron chi connectivity index (χ2n) is 4.41. The van der Waals surface area contributed by atoms with Gasteiger partial charge in [-0.2, -0.15) is 0 Å². The van der Waals surface area contributed by atoms with Crippen LogP contribution in [0.3, 0.4) is 0 Å². The third-order valence-electron chi connectivity index (χ3n) is 3.55. The maximum Gasteiger partial charge on any atom is 0.139 e. The van der Waals surface area contributed by atoms with Crippen molar-refractivity contribution in [1.82, 2.24) is 0 Å². The van der Waals surface area contributed by atoms with Crippen molar-refractivity contribution in [2.45, 2.75) is 31.1 Å². The van der Waals surface area contributed by atoms with Crippen LogP contribution in [-0.2, 0) is 10.9 Å². The van der Waals surface area contributed by atoms with Crippen molar-refractivity contribution >= 4 is 53.9 Å². The van der Waals surface area contributed by atoms with Gasteiger partial charge in [0.15, 0.2) is 0 Å². The molecule has 1 saturated heterocycles. The first-order chi connectivity index (χ1) is 6.64. The van der Waals surface area contributed by atoms with E-state index in [1.165, 1.54) is 0 Å². The van der Waals surface area contributed by atoms with Gasteiger partial charge in [-0.15, -0.1) is 0 Å². The molecule has 0 aromatic rings. The van der Waals surface area contributed by atoms with Gasteiger partial charge in [-0.25, -0.2) is 0 Å². The standard InChI is InChI=1S/C8H13BI2O3/c1-4-2-8(3-12-10)6(14-11)5(4)7(9)13-8/h4-7H,2-3,9H2,1H3. The molecule has 2 aliphatic rings. The highest BCUT2D eigenvalue weighted by Crippen LogP contribution is 2.53. The predicted molar refractivity (Wildman–Crippen MR) is 72.3 cm³/mol. The summed E-state index contributed by atoms with van der Waals surface area (Å²) in [7, 11) is 2.14. The van der Waals surface area contributed by atoms with Crippen molar-refractivity contribution in [3.05, 3.63) is 0 Å². The number of rotatable bonds is 3. The second kappa shape index (κ2) is 4.35. The number of fused-ring (bicyclic) bond motifs is 2. The van der Waals surface area contributed by atoms with Gasteiger partial charge in [0, 0.05) is 11.9 Å². The third-order valence-corrected chi connectivity index (χ3v) is 4.41. The molecule has 0 aromatic heterocycles. The summed E-state index contributed by atoms with van der Waals surface area (Å²) >= 11 is 3.92. The van der Waals surface area contributed by atoms with Gasteiger partial charge in [0.25, 0.3) is 0 Å². The number of hydrogen-bond acceptors (Lipinski definition) is 3. The van der Waals surface area contributed by atoms with Crippen LogP contribution in [0.15, 0.2) is 0 Å². The molecule has 0 aromatic carbocycles. The van der Waals surface area contributed by atoms with Crippen LogP contribution in [0, 0.1) is 11.8 Å². The zero-order valence-corrected chi connectivity index (χ0v) is 12.5. The lowest BCUT2D eigenvalue weighted by Gasteiger charge is -2.31. The van der Waals surface area contributed by atoms with E-state index in [1.54, 1.807) is 0 Å². The summed E-state index contributed by atoms with van der Waals surface area (Å²) in [5.74, 6) is 1.20. The minimum Gasteiger partial charge on any atom is -0.375 e. The van der Waals surface area contributed by atoms with Crippen LogP contribution >= 0.6 is 46.0 Å². The van der Waals surface area contributed by atoms with Crippen molar-refractivity contribution < 1.29 is 10.9 Å². The third kappa shape index (κ3) is 1.65. The van der Waals surface area contributed by atoms with E-state index in [0.717, 1.165) is 6.42 Å². The molecule has 80 valence electrons. The quantitative estimate of drug-likeness (QED) is 0.510. The van der Waals surface area contributed by atoms with E-state index >= 15 is 0 Å². The average Bonchev–Trinajstić information content (AvgIpc) is 2.51. The smallest absolute Gasteiger partial charge is 0.139 e. The molecule has 0 amide bonds. The van der Waals surface area contributed by atoms with Gasteiger partial charge in [-0.3, -0.25) is 0 Å². The molecule has 0 N–H and O–H groups in total. The molecule has 2 bridgehead atoms. The van der Waals surface area contributed by atoms with E-state index in [1.807, 2.05) is 46.0 Å². The van der Waals surface area contributed by atoms with Gasteiger partial charge in [0.2, 0.25) is 0 Å². The Bertz CT molecular complexity index is 217. The van der Waals surface area contributed by atoms with Crippen LogP contribution in [0.25, 0.3) is 0 Å². The minimum absolute atomic E-state index is 0.189. The molecule has 14 heavy (non-hydrogen) atoms. The van der Waals surface area contributed by atoms with E-state index in [2.05, 4.69) is 14.8 Å². The molecular formula is C8H13BI2O3. The molecular weight excluding hydrogens is 409 g/mol. The summed E-state index contributed by atoms with van der Waals surface area (Å²) in [6.45, 7) is 2.91. The van der Waals surface area contributed by atoms with Gasteiger partial charge in [-0.1, -0.05) is 6.92 Å². The lowest BCUT2D eigenvalue weighted by molar-refractivity contribution is -0.0833. The SMILES string of the molecule is BC1OC2(COI)CC(C)C1C2OI. The molecule has 0 radical (unpaired) electrons. The normalized spacial score (nSPS) is 51.4. The molecule has 0 spiro atoms. The van der Waals surface area contributed by atoms with Crippen molar-refractivity contribution in [1.29, 1.82) is 0 Å². The van der Waals surface area contributed by atoms with Crippen LogP contribution in [0.1, 0.15) is 13.3 Å². The van der Waals surface area contributed by atoms with E-state index in [4.69, 9.17) is 10.9 Å². The summed E-state index contributed by atoms with van der Waals surface area (Å²) in [6, 6.07) is 0.296. The van der Waals surface area contributed by atoms with Crippen LogP contribution < -0.4 is 0 Å². The summed E-state index contributed by atoms with van der Waals surface area (Å²) in [5, 5.41) is 0. The fourth-order valence-corrected chi connectivity index (χ4v) is 4.46. The second-order valence-corrected chi connectivity index (χ2v) is 5.54. The fourth-order valence-electron chi connectivity index (χ4n) is 3.13. The van der Waals surface area contributed by atoms with E-state index < -0.39 is 0 Å². The van der Waals surface area contributed by atoms with Crippen molar-refractivity contribution in [3.63, 3.8) is 0 Å². The van der Waals surface area contributed by atoms with E-state index in [0.29, 0.717) is 24.4 Å². The Hall–Kier alpha value is 1.40.